The first-order chi connectivity index (χ1) is 10.4. The third-order valence-electron chi connectivity index (χ3n) is 4.04. The molecule has 6 heteroatoms. The Hall–Kier alpha value is -1.75. The van der Waals surface area contributed by atoms with Gasteiger partial charge in [-0.2, -0.15) is 0 Å². The molecule has 0 unspecified atom stereocenters. The van der Waals surface area contributed by atoms with E-state index in [1.807, 2.05) is 18.7 Å². The first kappa shape index (κ1) is 16.6. The maximum Gasteiger partial charge on any atom is 0.260 e. The van der Waals surface area contributed by atoms with Gasteiger partial charge in [-0.15, -0.1) is 0 Å². The number of ether oxygens (including phenoxy) is 1. The van der Waals surface area contributed by atoms with Crippen LogP contribution in [0, 0.1) is 0 Å². The SMILES string of the molecule is C[C@@H]1CCC[C@H](C)N1C(=O)COc1cc(Cl)ccc1C(N)=O. The number of carbonyl (C=O) groups excluding carboxylic acids is 2. The summed E-state index contributed by atoms with van der Waals surface area (Å²) in [5.41, 5.74) is 5.52. The Morgan fingerprint density at radius 3 is 2.55 bits per heavy atom. The zero-order valence-electron chi connectivity index (χ0n) is 12.8. The smallest absolute Gasteiger partial charge is 0.260 e. The predicted molar refractivity (Wildman–Crippen MR) is 85.1 cm³/mol. The van der Waals surface area contributed by atoms with Crippen molar-refractivity contribution in [3.8, 4) is 5.75 Å². The first-order valence-corrected chi connectivity index (χ1v) is 7.81. The van der Waals surface area contributed by atoms with Crippen molar-refractivity contribution >= 4 is 23.4 Å². The Kier molecular flexibility index (Phi) is 5.29. The zero-order chi connectivity index (χ0) is 16.3. The van der Waals surface area contributed by atoms with Crippen LogP contribution in [-0.2, 0) is 4.79 Å². The molecule has 0 aliphatic carbocycles. The van der Waals surface area contributed by atoms with Crippen molar-refractivity contribution in [2.24, 2.45) is 5.73 Å². The minimum Gasteiger partial charge on any atom is -0.483 e. The summed E-state index contributed by atoms with van der Waals surface area (Å²) in [4.78, 5) is 25.7. The summed E-state index contributed by atoms with van der Waals surface area (Å²) >= 11 is 5.90. The summed E-state index contributed by atoms with van der Waals surface area (Å²) in [6.07, 6.45) is 3.13. The number of hydrogen-bond acceptors (Lipinski definition) is 3. The molecule has 1 aliphatic rings. The summed E-state index contributed by atoms with van der Waals surface area (Å²) in [6.45, 7) is 3.96. The monoisotopic (exact) mass is 324 g/mol. The lowest BCUT2D eigenvalue weighted by Gasteiger charge is -2.39. The molecule has 5 nitrogen and oxygen atoms in total. The summed E-state index contributed by atoms with van der Waals surface area (Å²) in [5.74, 6) is -0.459. The van der Waals surface area contributed by atoms with Crippen molar-refractivity contribution < 1.29 is 14.3 Å². The standard InChI is InChI=1S/C16H21ClN2O3/c1-10-4-3-5-11(2)19(10)15(20)9-22-14-8-12(17)6-7-13(14)16(18)21/h6-8,10-11H,3-5,9H2,1-2H3,(H2,18,21)/t10-,11+. The van der Waals surface area contributed by atoms with Crippen molar-refractivity contribution in [3.63, 3.8) is 0 Å². The molecule has 2 rings (SSSR count). The second-order valence-corrected chi connectivity index (χ2v) is 6.16. The molecule has 0 radical (unpaired) electrons. The van der Waals surface area contributed by atoms with E-state index in [0.29, 0.717) is 5.02 Å². The molecule has 1 aromatic carbocycles. The van der Waals surface area contributed by atoms with E-state index in [1.54, 1.807) is 6.07 Å². The largest absolute Gasteiger partial charge is 0.483 e. The van der Waals surface area contributed by atoms with Crippen LogP contribution < -0.4 is 10.5 Å². The second kappa shape index (κ2) is 7.01. The van der Waals surface area contributed by atoms with Crippen molar-refractivity contribution in [1.29, 1.82) is 0 Å². The zero-order valence-corrected chi connectivity index (χ0v) is 13.6. The van der Waals surface area contributed by atoms with E-state index in [1.165, 1.54) is 12.1 Å². The fraction of sp³-hybridized carbons (Fsp3) is 0.500. The minimum atomic E-state index is -0.612. The predicted octanol–water partition coefficient (Wildman–Crippen LogP) is 2.61. The molecule has 120 valence electrons. The highest BCUT2D eigenvalue weighted by Crippen LogP contribution is 2.25. The van der Waals surface area contributed by atoms with E-state index in [4.69, 9.17) is 22.1 Å². The van der Waals surface area contributed by atoms with E-state index in [0.717, 1.165) is 19.3 Å². The fourth-order valence-corrected chi connectivity index (χ4v) is 3.11. The molecular weight excluding hydrogens is 304 g/mol. The number of primary amides is 1. The summed E-state index contributed by atoms with van der Waals surface area (Å²) in [6, 6.07) is 4.96. The summed E-state index contributed by atoms with van der Waals surface area (Å²) < 4.78 is 5.51. The number of hydrogen-bond donors (Lipinski definition) is 1. The fourth-order valence-electron chi connectivity index (χ4n) is 2.95. The molecule has 22 heavy (non-hydrogen) atoms. The molecule has 2 N–H and O–H groups in total. The number of rotatable bonds is 4. The first-order valence-electron chi connectivity index (χ1n) is 7.43. The topological polar surface area (TPSA) is 72.6 Å². The molecular formula is C16H21ClN2O3. The van der Waals surface area contributed by atoms with E-state index in [-0.39, 0.29) is 35.9 Å². The van der Waals surface area contributed by atoms with Crippen molar-refractivity contribution in [3.05, 3.63) is 28.8 Å². The quantitative estimate of drug-likeness (QED) is 0.925. The van der Waals surface area contributed by atoms with Gasteiger partial charge in [-0.1, -0.05) is 11.6 Å². The van der Waals surface area contributed by atoms with Gasteiger partial charge in [0.25, 0.3) is 11.8 Å². The molecule has 0 bridgehead atoms. The summed E-state index contributed by atoms with van der Waals surface area (Å²) in [7, 11) is 0. The van der Waals surface area contributed by atoms with Gasteiger partial charge < -0.3 is 15.4 Å². The van der Waals surface area contributed by atoms with Crippen molar-refractivity contribution in [2.45, 2.75) is 45.2 Å². The third kappa shape index (κ3) is 3.71. The van der Waals surface area contributed by atoms with Crippen molar-refractivity contribution in [2.75, 3.05) is 6.61 Å². The Labute approximate surface area is 135 Å². The number of piperidine rings is 1. The number of benzene rings is 1. The van der Waals surface area contributed by atoms with Crippen LogP contribution in [0.15, 0.2) is 18.2 Å². The Bertz CT molecular complexity index is 567. The molecule has 1 fully saturated rings. The average Bonchev–Trinajstić information content (AvgIpc) is 2.44. The lowest BCUT2D eigenvalue weighted by Crippen LogP contribution is -2.49. The Morgan fingerprint density at radius 2 is 1.95 bits per heavy atom. The Balaban J connectivity index is 2.08. The molecule has 0 aromatic heterocycles. The molecule has 1 aliphatic heterocycles. The highest BCUT2D eigenvalue weighted by Gasteiger charge is 2.29. The highest BCUT2D eigenvalue weighted by molar-refractivity contribution is 6.30. The van der Waals surface area contributed by atoms with E-state index < -0.39 is 5.91 Å². The molecule has 0 saturated carbocycles. The van der Waals surface area contributed by atoms with Crippen molar-refractivity contribution in [1.82, 2.24) is 4.90 Å². The average molecular weight is 325 g/mol. The van der Waals surface area contributed by atoms with Gasteiger partial charge in [-0.05, 0) is 51.3 Å². The van der Waals surface area contributed by atoms with Crippen LogP contribution in [0.5, 0.6) is 5.75 Å². The van der Waals surface area contributed by atoms with Gasteiger partial charge >= 0.3 is 0 Å². The molecule has 1 saturated heterocycles. The van der Waals surface area contributed by atoms with Gasteiger partial charge in [0.05, 0.1) is 5.56 Å². The van der Waals surface area contributed by atoms with Crippen LogP contribution in [-0.4, -0.2) is 35.4 Å². The van der Waals surface area contributed by atoms with Crippen LogP contribution >= 0.6 is 11.6 Å². The number of amides is 2. The van der Waals surface area contributed by atoms with Crippen LogP contribution in [0.25, 0.3) is 0 Å². The second-order valence-electron chi connectivity index (χ2n) is 5.72. The maximum absolute atomic E-state index is 12.4. The van der Waals surface area contributed by atoms with Gasteiger partial charge in [0.1, 0.15) is 5.75 Å². The highest BCUT2D eigenvalue weighted by atomic mass is 35.5. The number of halogens is 1. The van der Waals surface area contributed by atoms with E-state index in [2.05, 4.69) is 0 Å². The summed E-state index contributed by atoms with van der Waals surface area (Å²) in [5, 5.41) is 0.423. The van der Waals surface area contributed by atoms with Crippen LogP contribution in [0.2, 0.25) is 5.02 Å². The third-order valence-corrected chi connectivity index (χ3v) is 4.28. The molecule has 2 amide bonds. The van der Waals surface area contributed by atoms with Gasteiger partial charge in [0.15, 0.2) is 6.61 Å². The molecule has 1 aromatic rings. The van der Waals surface area contributed by atoms with Gasteiger partial charge in [0.2, 0.25) is 0 Å². The van der Waals surface area contributed by atoms with Crippen LogP contribution in [0.4, 0.5) is 0 Å². The lowest BCUT2D eigenvalue weighted by atomic mass is 9.97. The molecule has 1 heterocycles. The number of likely N-dealkylation sites (tertiary alicyclic amines) is 1. The normalized spacial score (nSPS) is 21.5. The van der Waals surface area contributed by atoms with E-state index in [9.17, 15) is 9.59 Å². The van der Waals surface area contributed by atoms with Gasteiger partial charge in [-0.3, -0.25) is 9.59 Å². The molecule has 2 atom stereocenters. The van der Waals surface area contributed by atoms with Gasteiger partial charge in [-0.25, -0.2) is 0 Å². The number of nitrogens with zero attached hydrogens (tertiary/aromatic N) is 1. The minimum absolute atomic E-state index is 0.0879. The number of nitrogens with two attached hydrogens (primary N) is 1. The van der Waals surface area contributed by atoms with Gasteiger partial charge in [0, 0.05) is 17.1 Å². The lowest BCUT2D eigenvalue weighted by molar-refractivity contribution is -0.139. The Morgan fingerprint density at radius 1 is 1.32 bits per heavy atom. The number of carbonyl (C=O) groups is 2. The van der Waals surface area contributed by atoms with Crippen LogP contribution in [0.1, 0.15) is 43.5 Å². The molecule has 0 spiro atoms. The van der Waals surface area contributed by atoms with Crippen LogP contribution in [0.3, 0.4) is 0 Å². The van der Waals surface area contributed by atoms with E-state index >= 15 is 0 Å². The maximum atomic E-state index is 12.4.